The second-order valence-electron chi connectivity index (χ2n) is 31.9. The maximum atomic E-state index is 15.2. The molecule has 13 atom stereocenters. The number of nitrogens with two attached hydrogens (primary N) is 2. The number of nitrogens with zero attached hydrogens (tertiary/aromatic N) is 1. The first-order valence-corrected chi connectivity index (χ1v) is 43.0. The summed E-state index contributed by atoms with van der Waals surface area (Å²) < 4.78 is 0. The molecule has 27 N–H and O–H groups in total. The van der Waals surface area contributed by atoms with Gasteiger partial charge in [-0.15, -0.1) is 11.8 Å². The van der Waals surface area contributed by atoms with E-state index in [1.54, 1.807) is 41.5 Å². The lowest BCUT2D eigenvalue weighted by molar-refractivity contribution is -0.138. The van der Waals surface area contributed by atoms with Crippen molar-refractivity contribution in [2.75, 3.05) is 37.7 Å². The molecule has 1 aliphatic rings. The lowest BCUT2D eigenvalue weighted by Crippen LogP contribution is -2.61. The molecule has 43 nitrogen and oxygen atoms in total. The van der Waals surface area contributed by atoms with Crippen LogP contribution in [0.1, 0.15) is 121 Å². The fraction of sp³-hybridized carbons (Fsp3) is 0.471. The number of thioether (sulfide) groups is 1. The van der Waals surface area contributed by atoms with Gasteiger partial charge in [-0.05, 0) is 128 Å². The molecule has 5 aromatic rings. The van der Waals surface area contributed by atoms with Gasteiger partial charge in [0.15, 0.2) is 5.96 Å². The Kier molecular flexibility index (Phi) is 41.9. The Bertz CT molecular complexity index is 4700. The number of carboxylic acids is 1. The Hall–Kier alpha value is -14.1. The molecule has 1 fully saturated rings. The number of nitrogens with one attached hydrogen (secondary N) is 18. The molecule has 0 bridgehead atoms. The summed E-state index contributed by atoms with van der Waals surface area (Å²) in [5.74, 6) is -21.0. The first kappa shape index (κ1) is 104. The summed E-state index contributed by atoms with van der Waals surface area (Å²) in [4.78, 5) is 249. The standard InChI is InChI=1S/C85H117N21O22S/c1-8-46(6)72-84(128)105-60(31-45(4)5)80(124)102-61(32-48-11-19-53(107)20-12-48)75(119)93-39-68(112)96-58(27-28-71(115)116)77(121)101-59(30-44(2)3)74(118)92-40-69(113)98-66(76(120)91-38-67(86)111)41-129-42-70(114)97-62(33-49-13-21-54(108)22-14-49)81(125)104-65(36-52-37-89-43-94-52)79(123)95-47(7)73(117)100-63(34-50-15-23-55(109)24-16-50)83(127)103-64(35-51-17-25-56(110)26-18-51)82(126)99-57(78(122)106-72)10-9-29-90-85(87)88/h11-26,37,43-47,57-66,72,107-110H,8-10,27-36,38-42H2,1-7H3,(H2,86,111)(H,89,94)(H,91,120)(H,92,118)(H,93,119)(H,95,123)(H,96,112)(H,97,114)(H,98,113)(H,99,126)(H,100,117)(H,101,121)(H,102,124)(H,103,127)(H,104,125)(H,105,128)(H,106,122)(H,115,116)(H4,87,88,90)/t46-,47-,57-,58-,59-,60-,61-,62-,63-,64-,65-,66-,72-/m0/s1. The van der Waals surface area contributed by atoms with Crippen molar-refractivity contribution in [2.45, 2.75) is 198 Å². The molecule has 0 aliphatic carbocycles. The van der Waals surface area contributed by atoms with E-state index in [1.165, 1.54) is 117 Å². The minimum Gasteiger partial charge on any atom is -0.508 e. The molecule has 1 aliphatic heterocycles. The number of phenolic OH excluding ortho intramolecular Hbond substituents is 4. The molecule has 1 aromatic heterocycles. The van der Waals surface area contributed by atoms with Crippen LogP contribution in [0.15, 0.2) is 110 Å². The zero-order valence-corrected chi connectivity index (χ0v) is 73.3. The highest BCUT2D eigenvalue weighted by molar-refractivity contribution is 8.00. The van der Waals surface area contributed by atoms with Crippen LogP contribution in [-0.4, -0.2) is 252 Å². The average molecular weight is 1820 g/mol. The van der Waals surface area contributed by atoms with Crippen molar-refractivity contribution in [2.24, 2.45) is 29.2 Å². The number of hydrogen-bond acceptors (Lipinski definition) is 24. The number of aromatic amines is 1. The number of primary amides is 1. The molecule has 4 aromatic carbocycles. The number of hydrogen-bond donors (Lipinski definition) is 25. The molecule has 16 amide bonds. The lowest BCUT2D eigenvalue weighted by atomic mass is 9.95. The second kappa shape index (κ2) is 52.1. The number of carbonyl (C=O) groups excluding carboxylic acids is 16. The molecular formula is C85H117N21O22S. The predicted octanol–water partition coefficient (Wildman–Crippen LogP) is -3.57. The molecule has 1 saturated heterocycles. The SMILES string of the molecule is CC[C@H](C)[C@@H]1NC(=O)[C@H](CCCNC(=N)N)NC(=O)[C@H](Cc2ccc(O)cc2)NC(=O)[C@H](Cc2ccc(O)cc2)NC(=O)[C@H](C)NC(=O)[C@H](Cc2c[nH]cn2)NC(=O)[C@H](Cc2ccc(O)cc2)NC(=O)CSC[C@@H](C(=O)NCC(N)=O)NC(=O)CNC(=O)[C@H](CC(C)C)NC(=O)[C@H](CCC(=O)O)NC(=O)CNC(=O)[C@H](Cc2ccc(O)cc2)NC(=O)[C@H](CC(C)C)NC1=O. The van der Waals surface area contributed by atoms with Crippen LogP contribution in [0.2, 0.25) is 0 Å². The molecule has 2 heterocycles. The third-order valence-electron chi connectivity index (χ3n) is 20.3. The number of phenols is 4. The number of aromatic nitrogens is 2. The average Bonchev–Trinajstić information content (AvgIpc) is 0.890. The van der Waals surface area contributed by atoms with Crippen LogP contribution in [0, 0.1) is 23.2 Å². The van der Waals surface area contributed by atoms with E-state index in [1.807, 2.05) is 0 Å². The Morgan fingerprint density at radius 2 is 0.845 bits per heavy atom. The molecule has 6 rings (SSSR count). The Morgan fingerprint density at radius 3 is 1.29 bits per heavy atom. The zero-order chi connectivity index (χ0) is 95.1. The molecule has 0 unspecified atom stereocenters. The number of aromatic hydroxyl groups is 4. The van der Waals surface area contributed by atoms with E-state index in [0.717, 1.165) is 11.8 Å². The van der Waals surface area contributed by atoms with Crippen LogP contribution in [0.4, 0.5) is 0 Å². The van der Waals surface area contributed by atoms with E-state index in [0.29, 0.717) is 22.3 Å². The van der Waals surface area contributed by atoms with E-state index in [9.17, 15) is 92.7 Å². The van der Waals surface area contributed by atoms with Crippen LogP contribution in [0.25, 0.3) is 0 Å². The topological polar surface area (TPSA) is 688 Å². The summed E-state index contributed by atoms with van der Waals surface area (Å²) >= 11 is 0.733. The zero-order valence-electron chi connectivity index (χ0n) is 72.5. The van der Waals surface area contributed by atoms with E-state index in [-0.39, 0.29) is 111 Å². The first-order valence-electron chi connectivity index (χ1n) is 41.8. The second-order valence-corrected chi connectivity index (χ2v) is 33.0. The third kappa shape index (κ3) is 37.2. The number of benzene rings is 4. The van der Waals surface area contributed by atoms with Gasteiger partial charge in [-0.3, -0.25) is 86.9 Å². The summed E-state index contributed by atoms with van der Waals surface area (Å²) in [7, 11) is 0. The monoisotopic (exact) mass is 1820 g/mol. The highest BCUT2D eigenvalue weighted by Crippen LogP contribution is 2.20. The van der Waals surface area contributed by atoms with Gasteiger partial charge in [-0.25, -0.2) is 4.98 Å². The predicted molar refractivity (Wildman–Crippen MR) is 468 cm³/mol. The van der Waals surface area contributed by atoms with Crippen molar-refractivity contribution in [1.29, 1.82) is 5.41 Å². The van der Waals surface area contributed by atoms with Gasteiger partial charge in [-0.1, -0.05) is 96.5 Å². The molecular weight excluding hydrogens is 1700 g/mol. The Balaban J connectivity index is 1.43. The number of H-pyrrole nitrogens is 1. The quantitative estimate of drug-likeness (QED) is 0.0145. The number of carbonyl (C=O) groups is 17. The van der Waals surface area contributed by atoms with Crippen LogP contribution in [0.3, 0.4) is 0 Å². The molecule has 44 heteroatoms. The number of rotatable bonds is 26. The summed E-state index contributed by atoms with van der Waals surface area (Å²) in [6.07, 6.45) is -0.552. The Morgan fingerprint density at radius 1 is 0.465 bits per heavy atom. The molecule has 129 heavy (non-hydrogen) atoms. The lowest BCUT2D eigenvalue weighted by Gasteiger charge is -2.30. The van der Waals surface area contributed by atoms with Gasteiger partial charge in [0.05, 0.1) is 37.4 Å². The van der Waals surface area contributed by atoms with Crippen LogP contribution >= 0.6 is 11.8 Å². The third-order valence-corrected chi connectivity index (χ3v) is 21.3. The van der Waals surface area contributed by atoms with E-state index >= 15 is 14.4 Å². The van der Waals surface area contributed by atoms with Crippen molar-refractivity contribution < 1.29 is 107 Å². The minimum absolute atomic E-state index is 0.0150. The molecule has 0 saturated carbocycles. The summed E-state index contributed by atoms with van der Waals surface area (Å²) in [5, 5.41) is 99.4. The summed E-state index contributed by atoms with van der Waals surface area (Å²) in [5.41, 5.74) is 12.6. The van der Waals surface area contributed by atoms with Gasteiger partial charge in [-0.2, -0.15) is 0 Å². The van der Waals surface area contributed by atoms with Gasteiger partial charge in [0.1, 0.15) is 95.5 Å². The fourth-order valence-corrected chi connectivity index (χ4v) is 14.0. The van der Waals surface area contributed by atoms with Gasteiger partial charge < -0.3 is 127 Å². The van der Waals surface area contributed by atoms with E-state index in [2.05, 4.69) is 95.0 Å². The van der Waals surface area contributed by atoms with Crippen molar-refractivity contribution in [3.05, 3.63) is 138 Å². The van der Waals surface area contributed by atoms with Crippen LogP contribution < -0.4 is 96.5 Å². The van der Waals surface area contributed by atoms with Gasteiger partial charge in [0.2, 0.25) is 94.5 Å². The smallest absolute Gasteiger partial charge is 0.303 e. The first-order chi connectivity index (χ1) is 61.1. The largest absolute Gasteiger partial charge is 0.508 e. The number of imidazole rings is 1. The normalized spacial score (nSPS) is 22.5. The van der Waals surface area contributed by atoms with Gasteiger partial charge in [0.25, 0.3) is 0 Å². The highest BCUT2D eigenvalue weighted by atomic mass is 32.2. The maximum absolute atomic E-state index is 15.2. The number of carboxylic acid groups (broad SMARTS) is 1. The van der Waals surface area contributed by atoms with E-state index in [4.69, 9.17) is 16.9 Å². The number of guanidine groups is 1. The van der Waals surface area contributed by atoms with E-state index < -0.39 is 229 Å². The highest BCUT2D eigenvalue weighted by Gasteiger charge is 2.39. The van der Waals surface area contributed by atoms with Crippen LogP contribution in [0.5, 0.6) is 23.0 Å². The fourth-order valence-electron chi connectivity index (χ4n) is 13.2. The van der Waals surface area contributed by atoms with Gasteiger partial charge in [0, 0.05) is 57.0 Å². The summed E-state index contributed by atoms with van der Waals surface area (Å²) in [6.45, 7) is 8.78. The minimum atomic E-state index is -1.72. The van der Waals surface area contributed by atoms with Gasteiger partial charge >= 0.3 is 5.97 Å². The number of amides is 16. The Labute approximate surface area is 747 Å². The molecule has 0 spiro atoms. The van der Waals surface area contributed by atoms with Crippen molar-refractivity contribution in [3.63, 3.8) is 0 Å². The molecule has 700 valence electrons. The van der Waals surface area contributed by atoms with Crippen LogP contribution in [-0.2, 0) is 114 Å². The van der Waals surface area contributed by atoms with Crippen molar-refractivity contribution in [3.8, 4) is 23.0 Å². The number of aliphatic carboxylic acids is 1. The van der Waals surface area contributed by atoms with Crippen molar-refractivity contribution in [1.82, 2.24) is 95.0 Å². The summed E-state index contributed by atoms with van der Waals surface area (Å²) in [6, 6.07) is 2.90. The van der Waals surface area contributed by atoms with Crippen molar-refractivity contribution >= 4 is 118 Å². The molecule has 0 radical (unpaired) electrons. The maximum Gasteiger partial charge on any atom is 0.303 e.